The molecule has 2 fully saturated rings. The number of thiophene rings is 1. The highest BCUT2D eigenvalue weighted by Gasteiger charge is 2.45. The zero-order valence-corrected chi connectivity index (χ0v) is 16.1. The average Bonchev–Trinajstić information content (AvgIpc) is 3.24. The smallest absolute Gasteiger partial charge is 0.266 e. The normalized spacial score (nSPS) is 25.6. The monoisotopic (exact) mass is 398 g/mol. The maximum absolute atomic E-state index is 13.1. The second-order valence-electron chi connectivity index (χ2n) is 6.25. The van der Waals surface area contributed by atoms with Gasteiger partial charge in [0.1, 0.15) is 15.1 Å². The first kappa shape index (κ1) is 17.1. The van der Waals surface area contributed by atoms with E-state index in [1.54, 1.807) is 16.2 Å². The molecular formula is C16H18N2O4S3. The van der Waals surface area contributed by atoms with Crippen molar-refractivity contribution in [3.63, 3.8) is 0 Å². The fourth-order valence-electron chi connectivity index (χ4n) is 3.43. The maximum Gasteiger partial charge on any atom is 0.266 e. The Morgan fingerprint density at radius 2 is 2.28 bits per heavy atom. The average molecular weight is 399 g/mol. The molecule has 2 aliphatic heterocycles. The van der Waals surface area contributed by atoms with Crippen molar-refractivity contribution in [1.29, 1.82) is 0 Å². The van der Waals surface area contributed by atoms with Crippen LogP contribution < -0.4 is 0 Å². The largest absolute Gasteiger partial charge is 0.380 e. The minimum absolute atomic E-state index is 0.00109. The van der Waals surface area contributed by atoms with Gasteiger partial charge in [0.05, 0.1) is 29.0 Å². The van der Waals surface area contributed by atoms with Crippen LogP contribution in [0.2, 0.25) is 0 Å². The van der Waals surface area contributed by atoms with Crippen molar-refractivity contribution in [2.24, 2.45) is 0 Å². The standard InChI is InChI=1S/C16H18N2O4S3/c1-10-14(24-15(17-10)12-3-2-7-23-12)16(19)18-5-8-25(20,21)13-9-22-6-4-11(13)18/h2-3,7,11,13H,4-6,8-9H2,1H3/t11-,13-/m1/s1. The Labute approximate surface area is 154 Å². The molecule has 1 amide bonds. The summed E-state index contributed by atoms with van der Waals surface area (Å²) < 4.78 is 30.0. The number of carbonyl (C=O) groups excluding carboxylic acids is 1. The van der Waals surface area contributed by atoms with Crippen LogP contribution in [0.4, 0.5) is 0 Å². The number of fused-ring (bicyclic) bond motifs is 1. The van der Waals surface area contributed by atoms with Crippen LogP contribution in [-0.4, -0.2) is 61.0 Å². The number of carbonyl (C=O) groups is 1. The van der Waals surface area contributed by atoms with Gasteiger partial charge in [0.15, 0.2) is 9.84 Å². The van der Waals surface area contributed by atoms with E-state index in [0.29, 0.717) is 23.6 Å². The van der Waals surface area contributed by atoms with Gasteiger partial charge in [-0.3, -0.25) is 4.79 Å². The summed E-state index contributed by atoms with van der Waals surface area (Å²) in [5.74, 6) is -0.108. The van der Waals surface area contributed by atoms with Gasteiger partial charge in [-0.15, -0.1) is 22.7 Å². The van der Waals surface area contributed by atoms with Crippen molar-refractivity contribution >= 4 is 38.4 Å². The summed E-state index contributed by atoms with van der Waals surface area (Å²) in [7, 11) is -3.20. The van der Waals surface area contributed by atoms with Gasteiger partial charge in [0, 0.05) is 13.2 Å². The molecule has 0 aliphatic carbocycles. The molecule has 4 heterocycles. The third kappa shape index (κ3) is 3.03. The number of sulfone groups is 1. The molecule has 0 radical (unpaired) electrons. The number of amides is 1. The summed E-state index contributed by atoms with van der Waals surface area (Å²) in [4.78, 5) is 21.0. The molecule has 134 valence electrons. The van der Waals surface area contributed by atoms with Crippen LogP contribution in [0.3, 0.4) is 0 Å². The number of rotatable bonds is 2. The molecule has 4 rings (SSSR count). The maximum atomic E-state index is 13.1. The molecule has 25 heavy (non-hydrogen) atoms. The van der Waals surface area contributed by atoms with Gasteiger partial charge < -0.3 is 9.64 Å². The van der Waals surface area contributed by atoms with E-state index in [1.807, 2.05) is 24.4 Å². The van der Waals surface area contributed by atoms with E-state index in [-0.39, 0.29) is 30.9 Å². The molecule has 0 aromatic carbocycles. The van der Waals surface area contributed by atoms with Gasteiger partial charge in [0.2, 0.25) is 0 Å². The van der Waals surface area contributed by atoms with E-state index in [2.05, 4.69) is 4.98 Å². The van der Waals surface area contributed by atoms with E-state index in [4.69, 9.17) is 4.74 Å². The lowest BCUT2D eigenvalue weighted by atomic mass is 10.1. The molecule has 2 aromatic heterocycles. The summed E-state index contributed by atoms with van der Waals surface area (Å²) in [5.41, 5.74) is 0.704. The molecule has 2 aliphatic rings. The second-order valence-corrected chi connectivity index (χ2v) is 10.5. The summed E-state index contributed by atoms with van der Waals surface area (Å²) in [6.07, 6.45) is 0.561. The number of aromatic nitrogens is 1. The van der Waals surface area contributed by atoms with E-state index in [9.17, 15) is 13.2 Å². The molecular weight excluding hydrogens is 380 g/mol. The Kier molecular flexibility index (Phi) is 4.43. The molecule has 0 bridgehead atoms. The van der Waals surface area contributed by atoms with E-state index in [1.165, 1.54) is 11.3 Å². The Morgan fingerprint density at radius 3 is 3.04 bits per heavy atom. The molecule has 6 nitrogen and oxygen atoms in total. The molecule has 0 unspecified atom stereocenters. The Balaban J connectivity index is 1.65. The number of ether oxygens (including phenoxy) is 1. The first-order chi connectivity index (χ1) is 12.0. The minimum Gasteiger partial charge on any atom is -0.380 e. The highest BCUT2D eigenvalue weighted by Crippen LogP contribution is 2.34. The van der Waals surface area contributed by atoms with Gasteiger partial charge in [-0.05, 0) is 24.8 Å². The Morgan fingerprint density at radius 1 is 1.44 bits per heavy atom. The lowest BCUT2D eigenvalue weighted by molar-refractivity contribution is 0.0296. The van der Waals surface area contributed by atoms with E-state index < -0.39 is 15.1 Å². The van der Waals surface area contributed by atoms with Gasteiger partial charge in [0.25, 0.3) is 5.91 Å². The van der Waals surface area contributed by atoms with Crippen molar-refractivity contribution in [3.8, 4) is 9.88 Å². The highest BCUT2D eigenvalue weighted by atomic mass is 32.2. The quantitative estimate of drug-likeness (QED) is 0.775. The molecule has 9 heteroatoms. The number of nitrogens with zero attached hydrogens (tertiary/aromatic N) is 2. The summed E-state index contributed by atoms with van der Waals surface area (Å²) in [6, 6.07) is 3.64. The summed E-state index contributed by atoms with van der Waals surface area (Å²) >= 11 is 2.98. The minimum atomic E-state index is -3.20. The van der Waals surface area contributed by atoms with Crippen molar-refractivity contribution in [3.05, 3.63) is 28.1 Å². The van der Waals surface area contributed by atoms with Crippen molar-refractivity contribution in [2.75, 3.05) is 25.5 Å². The van der Waals surface area contributed by atoms with Gasteiger partial charge in [-0.2, -0.15) is 0 Å². The lowest BCUT2D eigenvalue weighted by Gasteiger charge is -2.43. The van der Waals surface area contributed by atoms with Crippen LogP contribution in [0.5, 0.6) is 0 Å². The highest BCUT2D eigenvalue weighted by molar-refractivity contribution is 7.92. The SMILES string of the molecule is Cc1nc(-c2cccs2)sc1C(=O)N1CCS(=O)(=O)[C@@H]2COCC[C@H]21. The van der Waals surface area contributed by atoms with Crippen molar-refractivity contribution in [1.82, 2.24) is 9.88 Å². The molecule has 2 atom stereocenters. The topological polar surface area (TPSA) is 76.6 Å². The molecule has 2 saturated heterocycles. The van der Waals surface area contributed by atoms with E-state index >= 15 is 0 Å². The zero-order valence-electron chi connectivity index (χ0n) is 13.7. The molecule has 0 saturated carbocycles. The van der Waals surface area contributed by atoms with Crippen LogP contribution in [0, 0.1) is 6.92 Å². The number of hydrogen-bond acceptors (Lipinski definition) is 7. The van der Waals surface area contributed by atoms with Gasteiger partial charge in [-0.1, -0.05) is 6.07 Å². The molecule has 0 spiro atoms. The molecule has 0 N–H and O–H groups in total. The first-order valence-electron chi connectivity index (χ1n) is 8.09. The Hall–Kier alpha value is -1.29. The number of hydrogen-bond donors (Lipinski definition) is 0. The van der Waals surface area contributed by atoms with Crippen LogP contribution >= 0.6 is 22.7 Å². The third-order valence-electron chi connectivity index (χ3n) is 4.73. The zero-order chi connectivity index (χ0) is 17.6. The fraction of sp³-hybridized carbons (Fsp3) is 0.500. The van der Waals surface area contributed by atoms with Crippen molar-refractivity contribution < 1.29 is 17.9 Å². The van der Waals surface area contributed by atoms with Gasteiger partial charge in [-0.25, -0.2) is 13.4 Å². The number of aryl methyl sites for hydroxylation is 1. The lowest BCUT2D eigenvalue weighted by Crippen LogP contribution is -2.60. The van der Waals surface area contributed by atoms with Crippen LogP contribution in [-0.2, 0) is 14.6 Å². The Bertz CT molecular complexity index is 889. The predicted octanol–water partition coefficient (Wildman–Crippen LogP) is 2.21. The van der Waals surface area contributed by atoms with E-state index in [0.717, 1.165) is 9.88 Å². The van der Waals surface area contributed by atoms with Gasteiger partial charge >= 0.3 is 0 Å². The predicted molar refractivity (Wildman–Crippen MR) is 98.0 cm³/mol. The summed E-state index contributed by atoms with van der Waals surface area (Å²) in [5, 5.41) is 2.21. The van der Waals surface area contributed by atoms with Crippen LogP contribution in [0.1, 0.15) is 21.8 Å². The van der Waals surface area contributed by atoms with Crippen LogP contribution in [0.25, 0.3) is 9.88 Å². The number of thiazole rings is 1. The first-order valence-corrected chi connectivity index (χ1v) is 11.5. The summed E-state index contributed by atoms with van der Waals surface area (Å²) in [6.45, 7) is 2.75. The van der Waals surface area contributed by atoms with Crippen LogP contribution in [0.15, 0.2) is 17.5 Å². The molecule has 2 aromatic rings. The third-order valence-corrected chi connectivity index (χ3v) is 9.04. The fourth-order valence-corrected chi connectivity index (χ4v) is 7.06. The van der Waals surface area contributed by atoms with Crippen molar-refractivity contribution in [2.45, 2.75) is 24.6 Å². The second kappa shape index (κ2) is 6.46.